The van der Waals surface area contributed by atoms with Gasteiger partial charge < -0.3 is 4.18 Å². The van der Waals surface area contributed by atoms with Crippen molar-refractivity contribution in [3.63, 3.8) is 0 Å². The van der Waals surface area contributed by atoms with Crippen LogP contribution in [0.5, 0.6) is 5.75 Å². The molecule has 0 saturated heterocycles. The molecule has 0 fully saturated rings. The van der Waals surface area contributed by atoms with Crippen molar-refractivity contribution in [1.29, 1.82) is 0 Å². The zero-order valence-electron chi connectivity index (χ0n) is 7.92. The smallest absolute Gasteiger partial charge is 0.380 e. The van der Waals surface area contributed by atoms with E-state index in [2.05, 4.69) is 4.18 Å². The molecule has 17 heavy (non-hydrogen) atoms. The molecule has 0 radical (unpaired) electrons. The molecule has 0 saturated carbocycles. The highest BCUT2D eigenvalue weighted by Crippen LogP contribution is 2.30. The van der Waals surface area contributed by atoms with Gasteiger partial charge in [-0.1, -0.05) is 0 Å². The van der Waals surface area contributed by atoms with Gasteiger partial charge in [0.05, 0.1) is 6.42 Å². The van der Waals surface area contributed by atoms with Gasteiger partial charge >= 0.3 is 17.5 Å². The quantitative estimate of drug-likeness (QED) is 0.681. The average Bonchev–Trinajstić information content (AvgIpc) is 2.08. The summed E-state index contributed by atoms with van der Waals surface area (Å²) in [5.41, 5.74) is -1.03. The number of rotatable bonds is 3. The molecule has 96 valence electrons. The first-order valence-corrected chi connectivity index (χ1v) is 5.06. The van der Waals surface area contributed by atoms with Gasteiger partial charge in [-0.25, -0.2) is 8.78 Å². The summed E-state index contributed by atoms with van der Waals surface area (Å²) in [6, 6.07) is 0.631. The summed E-state index contributed by atoms with van der Waals surface area (Å²) in [5.74, 6) is -3.67. The lowest BCUT2D eigenvalue weighted by Gasteiger charge is -2.11. The van der Waals surface area contributed by atoms with Crippen molar-refractivity contribution in [2.24, 2.45) is 0 Å². The van der Waals surface area contributed by atoms with E-state index >= 15 is 0 Å². The van der Waals surface area contributed by atoms with E-state index in [1.54, 1.807) is 0 Å². The van der Waals surface area contributed by atoms with Crippen LogP contribution in [0.2, 0.25) is 0 Å². The molecule has 0 aliphatic carbocycles. The molecular weight excluding hydrogens is 271 g/mol. The largest absolute Gasteiger partial charge is 0.393 e. The second-order valence-electron chi connectivity index (χ2n) is 2.96. The summed E-state index contributed by atoms with van der Waals surface area (Å²) >= 11 is -2.97. The highest BCUT2D eigenvalue weighted by Gasteiger charge is 2.32. The molecule has 1 aromatic rings. The highest BCUT2D eigenvalue weighted by molar-refractivity contribution is 7.74. The van der Waals surface area contributed by atoms with Crippen LogP contribution in [0.4, 0.5) is 22.0 Å². The maximum Gasteiger partial charge on any atom is 0.393 e. The van der Waals surface area contributed by atoms with Gasteiger partial charge in [0.1, 0.15) is 11.6 Å². The first kappa shape index (κ1) is 13.8. The standard InChI is InChI=1S/C8H5F5O3S/c9-4-1-6(10)5(3-8(11,12)13)7(2-4)16-17(14)15/h1-2H,3H2,(H,14,15). The molecule has 1 unspecified atom stereocenters. The summed E-state index contributed by atoms with van der Waals surface area (Å²) in [4.78, 5) is 0. The molecule has 0 aliphatic rings. The highest BCUT2D eigenvalue weighted by atomic mass is 32.2. The van der Waals surface area contributed by atoms with Crippen LogP contribution in [-0.4, -0.2) is 14.9 Å². The van der Waals surface area contributed by atoms with Crippen molar-refractivity contribution in [1.82, 2.24) is 0 Å². The van der Waals surface area contributed by atoms with Crippen LogP contribution in [0.3, 0.4) is 0 Å². The van der Waals surface area contributed by atoms with Crippen LogP contribution in [0.25, 0.3) is 0 Å². The molecule has 1 atom stereocenters. The Hall–Kier alpha value is -1.22. The van der Waals surface area contributed by atoms with Gasteiger partial charge in [0.2, 0.25) is 0 Å². The molecule has 1 N–H and O–H groups in total. The summed E-state index contributed by atoms with van der Waals surface area (Å²) in [7, 11) is 0. The van der Waals surface area contributed by atoms with E-state index in [0.29, 0.717) is 6.07 Å². The predicted octanol–water partition coefficient (Wildman–Crippen LogP) is 2.59. The second kappa shape index (κ2) is 4.96. The van der Waals surface area contributed by atoms with E-state index in [9.17, 15) is 26.2 Å². The van der Waals surface area contributed by atoms with E-state index in [1.165, 1.54) is 0 Å². The summed E-state index contributed by atoms with van der Waals surface area (Å²) in [5, 5.41) is 0. The molecule has 0 heterocycles. The third-order valence-corrected chi connectivity index (χ3v) is 1.98. The topological polar surface area (TPSA) is 46.5 Å². The Morgan fingerprint density at radius 1 is 1.29 bits per heavy atom. The first-order valence-electron chi connectivity index (χ1n) is 4.03. The summed E-state index contributed by atoms with van der Waals surface area (Å²) in [6.45, 7) is 0. The lowest BCUT2D eigenvalue weighted by molar-refractivity contribution is -0.127. The number of hydrogen-bond donors (Lipinski definition) is 1. The Morgan fingerprint density at radius 2 is 1.88 bits per heavy atom. The van der Waals surface area contributed by atoms with Crippen molar-refractivity contribution in [2.45, 2.75) is 12.6 Å². The Morgan fingerprint density at radius 3 is 2.35 bits per heavy atom. The van der Waals surface area contributed by atoms with E-state index in [0.717, 1.165) is 0 Å². The Bertz CT molecular complexity index is 446. The fraction of sp³-hybridized carbons (Fsp3) is 0.250. The van der Waals surface area contributed by atoms with Gasteiger partial charge in [0.15, 0.2) is 5.75 Å². The predicted molar refractivity (Wildman–Crippen MR) is 47.5 cm³/mol. The van der Waals surface area contributed by atoms with Crippen molar-refractivity contribution >= 4 is 11.4 Å². The summed E-state index contributed by atoms with van der Waals surface area (Å²) < 4.78 is 84.7. The maximum atomic E-state index is 13.1. The van der Waals surface area contributed by atoms with Crippen molar-refractivity contribution in [2.75, 3.05) is 0 Å². The van der Waals surface area contributed by atoms with Gasteiger partial charge in [0, 0.05) is 17.7 Å². The monoisotopic (exact) mass is 276 g/mol. The van der Waals surface area contributed by atoms with Crippen LogP contribution in [0.15, 0.2) is 12.1 Å². The molecular formula is C8H5F5O3S. The van der Waals surface area contributed by atoms with E-state index in [4.69, 9.17) is 4.55 Å². The average molecular weight is 276 g/mol. The zero-order valence-corrected chi connectivity index (χ0v) is 8.74. The van der Waals surface area contributed by atoms with Crippen LogP contribution in [0, 0.1) is 11.6 Å². The second-order valence-corrected chi connectivity index (χ2v) is 3.56. The minimum absolute atomic E-state index is 0.230. The van der Waals surface area contributed by atoms with Gasteiger partial charge in [-0.15, -0.1) is 0 Å². The number of hydrogen-bond acceptors (Lipinski definition) is 2. The van der Waals surface area contributed by atoms with Crippen LogP contribution >= 0.6 is 0 Å². The van der Waals surface area contributed by atoms with Crippen LogP contribution in [-0.2, 0) is 17.8 Å². The van der Waals surface area contributed by atoms with Crippen molar-refractivity contribution in [3.8, 4) is 5.75 Å². The van der Waals surface area contributed by atoms with E-state index < -0.39 is 46.9 Å². The first-order chi connectivity index (χ1) is 7.69. The van der Waals surface area contributed by atoms with Gasteiger partial charge in [-0.3, -0.25) is 4.55 Å². The third-order valence-electron chi connectivity index (χ3n) is 1.66. The molecule has 0 aromatic heterocycles. The Kier molecular flexibility index (Phi) is 4.04. The molecule has 1 aromatic carbocycles. The van der Waals surface area contributed by atoms with Crippen molar-refractivity contribution < 1.29 is 34.9 Å². The lowest BCUT2D eigenvalue weighted by atomic mass is 10.1. The van der Waals surface area contributed by atoms with Gasteiger partial charge in [0.25, 0.3) is 0 Å². The Balaban J connectivity index is 3.20. The summed E-state index contributed by atoms with van der Waals surface area (Å²) in [6.07, 6.45) is -6.49. The third kappa shape index (κ3) is 4.27. The van der Waals surface area contributed by atoms with Crippen LogP contribution in [0.1, 0.15) is 5.56 Å². The minimum atomic E-state index is -4.76. The van der Waals surface area contributed by atoms with E-state index in [-0.39, 0.29) is 6.07 Å². The zero-order chi connectivity index (χ0) is 13.2. The molecule has 9 heteroatoms. The fourth-order valence-corrected chi connectivity index (χ4v) is 1.41. The number of benzene rings is 1. The fourth-order valence-electron chi connectivity index (χ4n) is 1.10. The SMILES string of the molecule is O=S(O)Oc1cc(F)cc(F)c1CC(F)(F)F. The lowest BCUT2D eigenvalue weighted by Crippen LogP contribution is -2.15. The van der Waals surface area contributed by atoms with Crippen molar-refractivity contribution in [3.05, 3.63) is 29.3 Å². The molecule has 0 spiro atoms. The molecule has 0 amide bonds. The molecule has 0 aliphatic heterocycles. The molecule has 0 bridgehead atoms. The maximum absolute atomic E-state index is 13.1. The minimum Gasteiger partial charge on any atom is -0.380 e. The number of halogens is 5. The number of alkyl halides is 3. The van der Waals surface area contributed by atoms with Crippen LogP contribution < -0.4 is 4.18 Å². The molecule has 3 nitrogen and oxygen atoms in total. The van der Waals surface area contributed by atoms with E-state index in [1.807, 2.05) is 0 Å². The Labute approximate surface area is 94.7 Å². The molecule has 1 rings (SSSR count). The normalized spacial score (nSPS) is 13.5. The van der Waals surface area contributed by atoms with Gasteiger partial charge in [-0.2, -0.15) is 17.4 Å². The van der Waals surface area contributed by atoms with Gasteiger partial charge in [-0.05, 0) is 0 Å².